The van der Waals surface area contributed by atoms with Gasteiger partial charge >= 0.3 is 0 Å². The van der Waals surface area contributed by atoms with Crippen molar-refractivity contribution in [2.45, 2.75) is 57.2 Å². The normalized spacial score (nSPS) is 40.1. The van der Waals surface area contributed by atoms with Crippen LogP contribution in [-0.4, -0.2) is 4.83 Å². The number of alkyl halides is 1. The molecule has 82 valence electrons. The van der Waals surface area contributed by atoms with E-state index in [-0.39, 0.29) is 0 Å². The van der Waals surface area contributed by atoms with Crippen molar-refractivity contribution in [3.8, 4) is 0 Å². The second-order valence-corrected chi connectivity index (χ2v) is 7.36. The lowest BCUT2D eigenvalue weighted by Crippen LogP contribution is -2.15. The average Bonchev–Trinajstić information content (AvgIpc) is 2.62. The van der Waals surface area contributed by atoms with Gasteiger partial charge in [-0.05, 0) is 55.8 Å². The summed E-state index contributed by atoms with van der Waals surface area (Å²) in [5.41, 5.74) is 0. The molecule has 0 N–H and O–H groups in total. The highest BCUT2D eigenvalue weighted by molar-refractivity contribution is 9.09. The topological polar surface area (TPSA) is 0 Å². The molecule has 5 atom stereocenters. The fraction of sp³-hybridized carbons (Fsp3) is 1.00. The Kier molecular flexibility index (Phi) is 3.57. The van der Waals surface area contributed by atoms with Crippen LogP contribution in [0, 0.1) is 23.7 Å². The Balaban J connectivity index is 1.75. The van der Waals surface area contributed by atoms with E-state index in [0.717, 1.165) is 23.7 Å². The Morgan fingerprint density at radius 3 is 2.50 bits per heavy atom. The van der Waals surface area contributed by atoms with E-state index in [1.165, 1.54) is 12.8 Å². The molecule has 2 fully saturated rings. The Bertz CT molecular complexity index is 188. The van der Waals surface area contributed by atoms with Gasteiger partial charge < -0.3 is 0 Å². The van der Waals surface area contributed by atoms with Gasteiger partial charge in [0.15, 0.2) is 0 Å². The molecule has 2 aliphatic carbocycles. The maximum atomic E-state index is 3.67. The largest absolute Gasteiger partial charge is 0.0894 e. The van der Waals surface area contributed by atoms with Crippen molar-refractivity contribution in [1.29, 1.82) is 0 Å². The van der Waals surface area contributed by atoms with Crippen molar-refractivity contribution in [3.63, 3.8) is 0 Å². The first-order valence-corrected chi connectivity index (χ1v) is 7.20. The van der Waals surface area contributed by atoms with E-state index in [4.69, 9.17) is 0 Å². The minimum atomic E-state index is 0.705. The fourth-order valence-corrected chi connectivity index (χ4v) is 4.47. The molecule has 0 aliphatic heterocycles. The third-order valence-corrected chi connectivity index (χ3v) is 4.69. The van der Waals surface area contributed by atoms with Crippen molar-refractivity contribution in [2.75, 3.05) is 0 Å². The molecule has 2 aliphatic rings. The first-order chi connectivity index (χ1) is 6.65. The predicted molar refractivity (Wildman–Crippen MR) is 65.7 cm³/mol. The molecule has 0 nitrogen and oxygen atoms in total. The lowest BCUT2D eigenvalue weighted by atomic mass is 9.81. The molecule has 0 spiro atoms. The van der Waals surface area contributed by atoms with Crippen LogP contribution in [0.3, 0.4) is 0 Å². The van der Waals surface area contributed by atoms with Crippen molar-refractivity contribution >= 4 is 15.9 Å². The van der Waals surface area contributed by atoms with Crippen LogP contribution in [-0.2, 0) is 0 Å². The lowest BCUT2D eigenvalue weighted by Gasteiger charge is -2.25. The van der Waals surface area contributed by atoms with Gasteiger partial charge in [0.2, 0.25) is 0 Å². The maximum Gasteiger partial charge on any atom is 0.0120 e. The highest BCUT2D eigenvalue weighted by atomic mass is 79.9. The second-order valence-electron chi connectivity index (χ2n) is 5.79. The molecule has 0 saturated heterocycles. The van der Waals surface area contributed by atoms with E-state index in [1.807, 2.05) is 0 Å². The first-order valence-electron chi connectivity index (χ1n) is 6.29. The third kappa shape index (κ3) is 2.53. The average molecular weight is 259 g/mol. The Hall–Kier alpha value is 0.480. The van der Waals surface area contributed by atoms with Crippen LogP contribution < -0.4 is 0 Å². The summed E-state index contributed by atoms with van der Waals surface area (Å²) in [5, 5.41) is 0. The second kappa shape index (κ2) is 4.55. The van der Waals surface area contributed by atoms with Gasteiger partial charge in [-0.25, -0.2) is 0 Å². The number of rotatable bonds is 4. The zero-order valence-corrected chi connectivity index (χ0v) is 11.1. The van der Waals surface area contributed by atoms with Gasteiger partial charge in [0, 0.05) is 4.83 Å². The zero-order valence-electron chi connectivity index (χ0n) is 9.51. The molecule has 2 rings (SSSR count). The van der Waals surface area contributed by atoms with E-state index in [0.29, 0.717) is 4.83 Å². The molecule has 0 heterocycles. The maximum absolute atomic E-state index is 3.67. The van der Waals surface area contributed by atoms with E-state index in [2.05, 4.69) is 29.8 Å². The van der Waals surface area contributed by atoms with Crippen molar-refractivity contribution < 1.29 is 0 Å². The molecule has 0 aromatic carbocycles. The van der Waals surface area contributed by atoms with Crippen molar-refractivity contribution in [3.05, 3.63) is 0 Å². The number of hydrogen-bond acceptors (Lipinski definition) is 0. The molecule has 14 heavy (non-hydrogen) atoms. The summed E-state index contributed by atoms with van der Waals surface area (Å²) in [6.07, 6.45) is 9.08. The summed E-state index contributed by atoms with van der Waals surface area (Å²) in [4.78, 5) is 0.705. The highest BCUT2D eigenvalue weighted by Gasteiger charge is 2.39. The summed E-state index contributed by atoms with van der Waals surface area (Å²) in [6.45, 7) is 4.71. The molecule has 0 amide bonds. The lowest BCUT2D eigenvalue weighted by molar-refractivity contribution is 0.269. The van der Waals surface area contributed by atoms with Gasteiger partial charge in [-0.2, -0.15) is 0 Å². The van der Waals surface area contributed by atoms with Crippen molar-refractivity contribution in [2.24, 2.45) is 23.7 Å². The quantitative estimate of drug-likeness (QED) is 0.646. The number of fused-ring (bicyclic) bond motifs is 2. The van der Waals surface area contributed by atoms with Gasteiger partial charge in [-0.15, -0.1) is 0 Å². The predicted octanol–water partition coefficient (Wildman–Crippen LogP) is 4.62. The summed E-state index contributed by atoms with van der Waals surface area (Å²) in [6, 6.07) is 0. The van der Waals surface area contributed by atoms with Crippen LogP contribution in [0.5, 0.6) is 0 Å². The molecule has 0 radical (unpaired) electrons. The van der Waals surface area contributed by atoms with E-state index in [1.54, 1.807) is 25.7 Å². The monoisotopic (exact) mass is 258 g/mol. The van der Waals surface area contributed by atoms with Crippen LogP contribution in [0.4, 0.5) is 0 Å². The van der Waals surface area contributed by atoms with Gasteiger partial charge in [0.05, 0.1) is 0 Å². The minimum absolute atomic E-state index is 0.705. The molecule has 2 bridgehead atoms. The van der Waals surface area contributed by atoms with Gasteiger partial charge in [-0.3, -0.25) is 0 Å². The smallest absolute Gasteiger partial charge is 0.0120 e. The van der Waals surface area contributed by atoms with Crippen LogP contribution >= 0.6 is 15.9 Å². The van der Waals surface area contributed by atoms with Crippen LogP contribution in [0.25, 0.3) is 0 Å². The Morgan fingerprint density at radius 2 is 2.00 bits per heavy atom. The van der Waals surface area contributed by atoms with E-state index >= 15 is 0 Å². The molecular weight excluding hydrogens is 236 g/mol. The molecule has 5 unspecified atom stereocenters. The summed E-state index contributed by atoms with van der Waals surface area (Å²) in [5.74, 6) is 4.26. The van der Waals surface area contributed by atoms with Gasteiger partial charge in [0.1, 0.15) is 0 Å². The molecule has 1 heteroatoms. The summed E-state index contributed by atoms with van der Waals surface area (Å²) >= 11 is 3.67. The molecule has 0 aromatic rings. The third-order valence-electron chi connectivity index (χ3n) is 4.32. The summed E-state index contributed by atoms with van der Waals surface area (Å²) < 4.78 is 0. The molecule has 0 aromatic heterocycles. The molecule has 2 saturated carbocycles. The van der Waals surface area contributed by atoms with E-state index in [9.17, 15) is 0 Å². The number of hydrogen-bond donors (Lipinski definition) is 0. The highest BCUT2D eigenvalue weighted by Crippen LogP contribution is 2.50. The van der Waals surface area contributed by atoms with Crippen molar-refractivity contribution in [1.82, 2.24) is 0 Å². The Labute approximate surface area is 97.0 Å². The Morgan fingerprint density at radius 1 is 1.21 bits per heavy atom. The van der Waals surface area contributed by atoms with Crippen LogP contribution in [0.2, 0.25) is 0 Å². The summed E-state index contributed by atoms with van der Waals surface area (Å²) in [7, 11) is 0. The number of halogens is 1. The first kappa shape index (κ1) is 11.0. The fourth-order valence-electron chi connectivity index (χ4n) is 3.83. The minimum Gasteiger partial charge on any atom is -0.0894 e. The van der Waals surface area contributed by atoms with E-state index < -0.39 is 0 Å². The standard InChI is InChI=1S/C13H23Br/c1-9(5-10(2)14)6-13-8-11-3-4-12(13)7-11/h9-13H,3-8H2,1-2H3. The van der Waals surface area contributed by atoms with Crippen LogP contribution in [0.1, 0.15) is 52.4 Å². The SMILES string of the molecule is CC(Br)CC(C)CC1CC2CCC1C2. The molecular formula is C13H23Br. The van der Waals surface area contributed by atoms with Gasteiger partial charge in [-0.1, -0.05) is 36.2 Å². The zero-order chi connectivity index (χ0) is 10.1. The van der Waals surface area contributed by atoms with Gasteiger partial charge in [0.25, 0.3) is 0 Å². The van der Waals surface area contributed by atoms with Crippen LogP contribution in [0.15, 0.2) is 0 Å².